The molecule has 0 spiro atoms. The first-order chi connectivity index (χ1) is 7.11. The lowest BCUT2D eigenvalue weighted by molar-refractivity contribution is -0.385. The van der Waals surface area contributed by atoms with Crippen molar-refractivity contribution in [2.45, 2.75) is 6.92 Å². The normalized spacial score (nSPS) is 9.20. The summed E-state index contributed by atoms with van der Waals surface area (Å²) in [6.07, 6.45) is 0. The van der Waals surface area contributed by atoms with Gasteiger partial charge in [-0.1, -0.05) is 6.07 Å². The molecule has 15 heavy (non-hydrogen) atoms. The Balaban J connectivity index is 3.55. The first-order valence-electron chi connectivity index (χ1n) is 4.01. The van der Waals surface area contributed by atoms with E-state index in [4.69, 9.17) is 4.74 Å². The number of hydrogen-bond acceptors (Lipinski definition) is 5. The van der Waals surface area contributed by atoms with Crippen LogP contribution in [0.4, 0.5) is 11.4 Å². The Morgan fingerprint density at radius 2 is 2.27 bits per heavy atom. The molecule has 0 saturated carbocycles. The smallest absolute Gasteiger partial charge is 0.337 e. The molecule has 0 radical (unpaired) electrons. The summed E-state index contributed by atoms with van der Waals surface area (Å²) >= 11 is 4.41. The van der Waals surface area contributed by atoms with Crippen molar-refractivity contribution in [3.63, 3.8) is 0 Å². The number of nitro groups is 1. The second-order valence-corrected chi connectivity index (χ2v) is 2.93. The summed E-state index contributed by atoms with van der Waals surface area (Å²) in [5.74, 6) is 0.200. The van der Waals surface area contributed by atoms with E-state index in [2.05, 4.69) is 22.4 Å². The Labute approximate surface area is 91.5 Å². The highest BCUT2D eigenvalue weighted by atomic mass is 32.1. The van der Waals surface area contributed by atoms with E-state index in [9.17, 15) is 10.1 Å². The second kappa shape index (κ2) is 4.63. The minimum Gasteiger partial charge on any atom is -0.490 e. The molecular weight excluding hydrogens is 216 g/mol. The summed E-state index contributed by atoms with van der Waals surface area (Å²) in [5.41, 5.74) is 0.639. The summed E-state index contributed by atoms with van der Waals surface area (Å²) < 4.78 is 4.96. The number of methoxy groups -OCH3 is 1. The lowest BCUT2D eigenvalue weighted by Gasteiger charge is -2.06. The maximum Gasteiger partial charge on any atom is 0.337 e. The van der Waals surface area contributed by atoms with Crippen LogP contribution in [-0.2, 0) is 0 Å². The van der Waals surface area contributed by atoms with E-state index in [1.54, 1.807) is 13.0 Å². The predicted molar refractivity (Wildman–Crippen MR) is 59.1 cm³/mol. The van der Waals surface area contributed by atoms with Crippen molar-refractivity contribution in [3.8, 4) is 5.75 Å². The maximum absolute atomic E-state index is 10.8. The van der Waals surface area contributed by atoms with Gasteiger partial charge in [-0.2, -0.15) is 4.99 Å². The standard InChI is InChI=1S/C9H8N2O3S/c1-6-3-4-7(10-5-15)8(11(12)13)9(6)14-2/h3-4H,1-2H3. The molecule has 0 atom stereocenters. The van der Waals surface area contributed by atoms with Crippen molar-refractivity contribution < 1.29 is 9.66 Å². The average molecular weight is 224 g/mol. The van der Waals surface area contributed by atoms with E-state index in [0.717, 1.165) is 0 Å². The molecule has 6 heteroatoms. The van der Waals surface area contributed by atoms with Gasteiger partial charge in [0.25, 0.3) is 0 Å². The fourth-order valence-corrected chi connectivity index (χ4v) is 1.33. The molecule has 0 unspecified atom stereocenters. The Morgan fingerprint density at radius 3 is 2.73 bits per heavy atom. The van der Waals surface area contributed by atoms with Crippen LogP contribution in [0.1, 0.15) is 5.56 Å². The van der Waals surface area contributed by atoms with E-state index in [1.807, 2.05) is 0 Å². The molecule has 0 heterocycles. The van der Waals surface area contributed by atoms with Gasteiger partial charge in [-0.3, -0.25) is 10.1 Å². The quantitative estimate of drug-likeness (QED) is 0.342. The third kappa shape index (κ3) is 2.18. The third-order valence-electron chi connectivity index (χ3n) is 1.86. The van der Waals surface area contributed by atoms with Crippen LogP contribution in [0.2, 0.25) is 0 Å². The fraction of sp³-hybridized carbons (Fsp3) is 0.222. The Morgan fingerprint density at radius 1 is 1.60 bits per heavy atom. The van der Waals surface area contributed by atoms with Crippen LogP contribution >= 0.6 is 12.2 Å². The van der Waals surface area contributed by atoms with Crippen LogP contribution in [0.5, 0.6) is 5.75 Å². The van der Waals surface area contributed by atoms with Gasteiger partial charge in [0.2, 0.25) is 5.75 Å². The molecule has 0 aromatic heterocycles. The van der Waals surface area contributed by atoms with Gasteiger partial charge < -0.3 is 4.74 Å². The first-order valence-corrected chi connectivity index (χ1v) is 4.42. The van der Waals surface area contributed by atoms with Gasteiger partial charge in [0.1, 0.15) is 0 Å². The number of benzene rings is 1. The molecule has 0 bridgehead atoms. The number of nitrogens with zero attached hydrogens (tertiary/aromatic N) is 2. The van der Waals surface area contributed by atoms with Crippen molar-refractivity contribution in [1.82, 2.24) is 0 Å². The number of aliphatic imine (C=N–C) groups is 1. The highest BCUT2D eigenvalue weighted by molar-refractivity contribution is 7.78. The second-order valence-electron chi connectivity index (χ2n) is 2.74. The van der Waals surface area contributed by atoms with Crippen LogP contribution < -0.4 is 4.74 Å². The van der Waals surface area contributed by atoms with Gasteiger partial charge in [-0.15, -0.1) is 0 Å². The molecule has 0 aliphatic heterocycles. The lowest BCUT2D eigenvalue weighted by atomic mass is 10.1. The van der Waals surface area contributed by atoms with Crippen LogP contribution in [0.25, 0.3) is 0 Å². The van der Waals surface area contributed by atoms with Gasteiger partial charge in [0.15, 0.2) is 5.69 Å². The number of rotatable bonds is 3. The summed E-state index contributed by atoms with van der Waals surface area (Å²) in [6.45, 7) is 1.72. The van der Waals surface area contributed by atoms with Crippen LogP contribution in [0.3, 0.4) is 0 Å². The van der Waals surface area contributed by atoms with Crippen LogP contribution in [-0.4, -0.2) is 17.2 Å². The van der Waals surface area contributed by atoms with E-state index < -0.39 is 4.92 Å². The molecule has 5 nitrogen and oxygen atoms in total. The summed E-state index contributed by atoms with van der Waals surface area (Å²) in [5, 5.41) is 12.9. The minimum atomic E-state index is -0.544. The SMILES string of the molecule is COc1c(C)ccc(N=C=S)c1[N+](=O)[O-]. The average Bonchev–Trinajstić information content (AvgIpc) is 2.20. The maximum atomic E-state index is 10.8. The molecule has 0 aliphatic rings. The molecule has 0 fully saturated rings. The van der Waals surface area contributed by atoms with E-state index in [0.29, 0.717) is 5.56 Å². The summed E-state index contributed by atoms with van der Waals surface area (Å²) in [7, 11) is 1.38. The molecule has 78 valence electrons. The number of aryl methyl sites for hydroxylation is 1. The molecule has 1 rings (SSSR count). The van der Waals surface area contributed by atoms with Gasteiger partial charge in [0, 0.05) is 0 Å². The van der Waals surface area contributed by atoms with Crippen molar-refractivity contribution in [2.75, 3.05) is 7.11 Å². The molecule has 0 aliphatic carbocycles. The zero-order chi connectivity index (χ0) is 11.4. The summed E-state index contributed by atoms with van der Waals surface area (Å²) in [6, 6.07) is 3.19. The molecular formula is C9H8N2O3S. The molecule has 0 amide bonds. The van der Waals surface area contributed by atoms with Gasteiger partial charge in [0.05, 0.1) is 17.2 Å². The predicted octanol–water partition coefficient (Wildman–Crippen LogP) is 2.65. The molecule has 1 aromatic carbocycles. The number of thiocarbonyl (C=S) groups is 1. The number of isothiocyanates is 1. The zero-order valence-electron chi connectivity index (χ0n) is 8.18. The van der Waals surface area contributed by atoms with Crippen molar-refractivity contribution in [1.29, 1.82) is 0 Å². The van der Waals surface area contributed by atoms with Gasteiger partial charge >= 0.3 is 5.69 Å². The largest absolute Gasteiger partial charge is 0.490 e. The monoisotopic (exact) mass is 224 g/mol. The summed E-state index contributed by atoms with van der Waals surface area (Å²) in [4.78, 5) is 13.9. The van der Waals surface area contributed by atoms with Gasteiger partial charge in [-0.25, -0.2) is 0 Å². The van der Waals surface area contributed by atoms with Crippen LogP contribution in [0, 0.1) is 17.0 Å². The van der Waals surface area contributed by atoms with E-state index >= 15 is 0 Å². The number of ether oxygens (including phenoxy) is 1. The Kier molecular flexibility index (Phi) is 3.49. The number of hydrogen-bond donors (Lipinski definition) is 0. The highest BCUT2D eigenvalue weighted by Gasteiger charge is 2.22. The topological polar surface area (TPSA) is 64.7 Å². The van der Waals surface area contributed by atoms with Crippen molar-refractivity contribution in [2.24, 2.45) is 4.99 Å². The lowest BCUT2D eigenvalue weighted by Crippen LogP contribution is -1.96. The van der Waals surface area contributed by atoms with Crippen molar-refractivity contribution in [3.05, 3.63) is 27.8 Å². The minimum absolute atomic E-state index is 0.150. The Hall–Kier alpha value is -1.78. The molecule has 1 aromatic rings. The third-order valence-corrected chi connectivity index (χ3v) is 1.95. The van der Waals surface area contributed by atoms with E-state index in [-0.39, 0.29) is 17.1 Å². The Bertz CT molecular complexity index is 453. The molecule has 0 N–H and O–H groups in total. The van der Waals surface area contributed by atoms with E-state index in [1.165, 1.54) is 13.2 Å². The van der Waals surface area contributed by atoms with Crippen molar-refractivity contribution >= 4 is 28.8 Å². The fourth-order valence-electron chi connectivity index (χ4n) is 1.24. The van der Waals surface area contributed by atoms with Gasteiger partial charge in [-0.05, 0) is 30.8 Å². The first kappa shape index (κ1) is 11.3. The molecule has 0 saturated heterocycles. The zero-order valence-corrected chi connectivity index (χ0v) is 9.00. The number of nitro benzene ring substituents is 1. The highest BCUT2D eigenvalue weighted by Crippen LogP contribution is 2.38. The van der Waals surface area contributed by atoms with Crippen LogP contribution in [0.15, 0.2) is 17.1 Å².